The van der Waals surface area contributed by atoms with Crippen LogP contribution in [0.15, 0.2) is 182 Å². The molecule has 0 aliphatic carbocycles. The number of rotatable bonds is 17. The van der Waals surface area contributed by atoms with Gasteiger partial charge >= 0.3 is 0 Å². The van der Waals surface area contributed by atoms with Gasteiger partial charge < -0.3 is 31.0 Å². The van der Waals surface area contributed by atoms with E-state index in [2.05, 4.69) is 101 Å². The lowest BCUT2D eigenvalue weighted by molar-refractivity contribution is -0.126. The molecule has 6 aromatic carbocycles. The van der Waals surface area contributed by atoms with Crippen molar-refractivity contribution in [2.75, 3.05) is 13.2 Å². The minimum atomic E-state index is -2.99. The third-order valence-corrected chi connectivity index (χ3v) is 21.7. The van der Waals surface area contributed by atoms with Gasteiger partial charge in [0.2, 0.25) is 11.8 Å². The second-order valence-corrected chi connectivity index (χ2v) is 26.6. The second kappa shape index (κ2) is 20.1. The molecule has 0 heterocycles. The third-order valence-electron chi connectivity index (χ3n) is 11.7. The zero-order valence-corrected chi connectivity index (χ0v) is 38.8. The Morgan fingerprint density at radius 3 is 0.887 bits per heavy atom. The summed E-state index contributed by atoms with van der Waals surface area (Å²) in [6.45, 7) is 13.1. The van der Waals surface area contributed by atoms with E-state index in [-0.39, 0.29) is 23.3 Å². The van der Waals surface area contributed by atoms with Gasteiger partial charge in [-0.05, 0) is 42.0 Å². The zero-order chi connectivity index (χ0) is 44.4. The van der Waals surface area contributed by atoms with Crippen LogP contribution in [0.5, 0.6) is 0 Å². The van der Waals surface area contributed by atoms with Gasteiger partial charge in [-0.2, -0.15) is 0 Å². The van der Waals surface area contributed by atoms with Crippen LogP contribution < -0.4 is 42.8 Å². The summed E-state index contributed by atoms with van der Waals surface area (Å²) >= 11 is 0. The lowest BCUT2D eigenvalue weighted by Crippen LogP contribution is -2.67. The molecule has 0 aliphatic heterocycles. The summed E-state index contributed by atoms with van der Waals surface area (Å²) in [7, 11) is -5.98. The number of carbonyl (C=O) groups excluding carboxylic acids is 2. The van der Waals surface area contributed by atoms with E-state index >= 15 is 0 Å². The van der Waals surface area contributed by atoms with E-state index in [1.54, 1.807) is 0 Å². The molecule has 8 nitrogen and oxygen atoms in total. The molecular formula is C52H62N4O4Si2. The van der Waals surface area contributed by atoms with Gasteiger partial charge in [0.05, 0.1) is 25.3 Å². The van der Waals surface area contributed by atoms with Crippen LogP contribution in [0, 0.1) is 0 Å². The molecule has 10 heteroatoms. The average Bonchev–Trinajstić information content (AvgIpc) is 3.28. The minimum Gasteiger partial charge on any atom is -0.405 e. The Hall–Kier alpha value is -5.47. The van der Waals surface area contributed by atoms with Crippen molar-refractivity contribution in [3.8, 4) is 0 Å². The fraction of sp³-hybridized carbons (Fsp3) is 0.269. The van der Waals surface area contributed by atoms with Crippen LogP contribution >= 0.6 is 0 Å². The number of amides is 2. The summed E-state index contributed by atoms with van der Waals surface area (Å²) in [5, 5.41) is 10.2. The van der Waals surface area contributed by atoms with Gasteiger partial charge in [-0.25, -0.2) is 0 Å². The maximum absolute atomic E-state index is 14.4. The molecular weight excluding hydrogens is 801 g/mol. The van der Waals surface area contributed by atoms with Crippen molar-refractivity contribution in [2.24, 2.45) is 11.5 Å². The van der Waals surface area contributed by atoms with Gasteiger partial charge in [-0.3, -0.25) is 9.59 Å². The fourth-order valence-electron chi connectivity index (χ4n) is 8.66. The Morgan fingerprint density at radius 1 is 0.435 bits per heavy atom. The van der Waals surface area contributed by atoms with E-state index in [0.717, 1.165) is 31.9 Å². The Morgan fingerprint density at radius 2 is 0.661 bits per heavy atom. The molecule has 322 valence electrons. The van der Waals surface area contributed by atoms with E-state index in [1.807, 2.05) is 133 Å². The predicted octanol–water partition coefficient (Wildman–Crippen LogP) is 6.51. The number of hydrogen-bond acceptors (Lipinski definition) is 6. The van der Waals surface area contributed by atoms with Crippen molar-refractivity contribution in [1.29, 1.82) is 0 Å². The molecule has 0 saturated heterocycles. The molecule has 0 unspecified atom stereocenters. The molecule has 0 radical (unpaired) electrons. The highest BCUT2D eigenvalue weighted by molar-refractivity contribution is 7.00. The van der Waals surface area contributed by atoms with Crippen LogP contribution in [-0.2, 0) is 18.4 Å². The first kappa shape index (κ1) is 46.0. The number of benzene rings is 6. The Bertz CT molecular complexity index is 2060. The average molecular weight is 863 g/mol. The highest BCUT2D eigenvalue weighted by Gasteiger charge is 2.52. The Labute approximate surface area is 370 Å². The van der Waals surface area contributed by atoms with E-state index in [9.17, 15) is 9.59 Å². The largest absolute Gasteiger partial charge is 0.405 e. The van der Waals surface area contributed by atoms with E-state index < -0.39 is 52.6 Å². The number of nitrogens with two attached hydrogens (primary N) is 2. The topological polar surface area (TPSA) is 129 Å². The van der Waals surface area contributed by atoms with Crippen LogP contribution in [0.2, 0.25) is 10.1 Å². The molecule has 0 saturated carbocycles. The normalized spacial score (nSPS) is 14.3. The van der Waals surface area contributed by atoms with Crippen LogP contribution in [0.3, 0.4) is 0 Å². The Balaban J connectivity index is 1.28. The first-order valence-electron chi connectivity index (χ1n) is 21.4. The van der Waals surface area contributed by atoms with Crippen LogP contribution in [0.1, 0.15) is 64.8 Å². The summed E-state index contributed by atoms with van der Waals surface area (Å²) in [5.74, 6) is -0.822. The smallest absolute Gasteiger partial charge is 0.261 e. The zero-order valence-electron chi connectivity index (χ0n) is 36.8. The molecule has 0 aromatic heterocycles. The molecule has 0 bridgehead atoms. The summed E-state index contributed by atoms with van der Waals surface area (Å²) in [5.41, 5.74) is 15.2. The maximum Gasteiger partial charge on any atom is 0.261 e. The summed E-state index contributed by atoms with van der Waals surface area (Å²) in [6, 6.07) is 56.8. The SMILES string of the molecule is CC(C)(C)[Si](OC[C@@H](N)C(=O)N[C@H](c1ccccc1)[C@H](NC(=O)[C@H](N)CO[Si](c1ccccc1)(c1ccccc1)C(C)(C)C)c1ccccc1)(c1ccccc1)c1ccccc1. The van der Waals surface area contributed by atoms with Crippen LogP contribution in [-0.4, -0.2) is 53.7 Å². The number of hydrogen-bond donors (Lipinski definition) is 4. The van der Waals surface area contributed by atoms with Gasteiger partial charge in [0.1, 0.15) is 12.1 Å². The van der Waals surface area contributed by atoms with Crippen molar-refractivity contribution in [3.05, 3.63) is 193 Å². The van der Waals surface area contributed by atoms with E-state index in [0.29, 0.717) is 0 Å². The maximum atomic E-state index is 14.4. The van der Waals surface area contributed by atoms with Crippen molar-refractivity contribution in [2.45, 2.75) is 75.8 Å². The summed E-state index contributed by atoms with van der Waals surface area (Å²) in [4.78, 5) is 28.9. The van der Waals surface area contributed by atoms with E-state index in [4.69, 9.17) is 20.3 Å². The highest BCUT2D eigenvalue weighted by atomic mass is 28.4. The van der Waals surface area contributed by atoms with Crippen LogP contribution in [0.25, 0.3) is 0 Å². The van der Waals surface area contributed by atoms with Crippen LogP contribution in [0.4, 0.5) is 0 Å². The first-order valence-corrected chi connectivity index (χ1v) is 25.2. The highest BCUT2D eigenvalue weighted by Crippen LogP contribution is 2.38. The van der Waals surface area contributed by atoms with Gasteiger partial charge in [0.25, 0.3) is 16.6 Å². The van der Waals surface area contributed by atoms with Gasteiger partial charge in [0, 0.05) is 0 Å². The quantitative estimate of drug-likeness (QED) is 0.0776. The standard InChI is InChI=1S/C52H62N4O4Si2/c1-51(2,3)61(41-29-17-9-18-30-41,42-31-19-10-20-32-42)59-37-45(53)49(57)55-47(39-25-13-7-14-26-39)48(40-27-15-8-16-28-40)56-50(58)46(54)38-60-62(52(4,5)6,43-33-21-11-22-34-43)44-35-23-12-24-36-44/h7-36,45-48H,37-38,53-54H2,1-6H3,(H,55,57)(H,56,58)/t45-,46-,47-,48-/m1/s1. The summed E-state index contributed by atoms with van der Waals surface area (Å²) < 4.78 is 14.2. The van der Waals surface area contributed by atoms with Crippen molar-refractivity contribution in [3.63, 3.8) is 0 Å². The number of carbonyl (C=O) groups is 2. The lowest BCUT2D eigenvalue weighted by Gasteiger charge is -2.43. The fourth-order valence-corrected chi connectivity index (χ4v) is 17.8. The molecule has 6 N–H and O–H groups in total. The molecule has 6 rings (SSSR count). The van der Waals surface area contributed by atoms with Gasteiger partial charge in [-0.1, -0.05) is 224 Å². The second-order valence-electron chi connectivity index (χ2n) is 18.0. The number of nitrogens with one attached hydrogen (secondary N) is 2. The lowest BCUT2D eigenvalue weighted by atomic mass is 9.92. The molecule has 2 amide bonds. The molecule has 6 aromatic rings. The van der Waals surface area contributed by atoms with Gasteiger partial charge in [-0.15, -0.1) is 0 Å². The summed E-state index contributed by atoms with van der Waals surface area (Å²) in [6.07, 6.45) is 0. The first-order chi connectivity index (χ1) is 29.7. The minimum absolute atomic E-state index is 0.0204. The van der Waals surface area contributed by atoms with E-state index in [1.165, 1.54) is 0 Å². The predicted molar refractivity (Wildman–Crippen MR) is 258 cm³/mol. The molecule has 0 aliphatic rings. The van der Waals surface area contributed by atoms with Crippen molar-refractivity contribution >= 4 is 49.2 Å². The molecule has 62 heavy (non-hydrogen) atoms. The van der Waals surface area contributed by atoms with Crippen molar-refractivity contribution < 1.29 is 18.4 Å². The monoisotopic (exact) mass is 862 g/mol. The van der Waals surface area contributed by atoms with Gasteiger partial charge in [0.15, 0.2) is 0 Å². The van der Waals surface area contributed by atoms with Crippen molar-refractivity contribution in [1.82, 2.24) is 10.6 Å². The molecule has 0 fully saturated rings. The third kappa shape index (κ3) is 10.1. The Kier molecular flexibility index (Phi) is 15.0. The molecule has 4 atom stereocenters. The molecule has 0 spiro atoms.